The highest BCUT2D eigenvalue weighted by atomic mass is 31.2. The van der Waals surface area contributed by atoms with Crippen LogP contribution in [0.25, 0.3) is 0 Å². The maximum Gasteiger partial charge on any atom is 0.472 e. The molecule has 0 saturated heterocycles. The molecular formula is C51H83O13P. The molecule has 0 heterocycles. The fourth-order valence-corrected chi connectivity index (χ4v) is 7.56. The van der Waals surface area contributed by atoms with Gasteiger partial charge in [-0.05, 0) is 77.0 Å². The first-order valence-electron chi connectivity index (χ1n) is 24.0. The highest BCUT2D eigenvalue weighted by Crippen LogP contribution is 2.47. The Bertz CT molecular complexity index is 1500. The highest BCUT2D eigenvalue weighted by molar-refractivity contribution is 7.47. The average molecular weight is 935 g/mol. The van der Waals surface area contributed by atoms with Gasteiger partial charge in [-0.1, -0.05) is 162 Å². The van der Waals surface area contributed by atoms with Crippen molar-refractivity contribution in [1.29, 1.82) is 0 Å². The predicted molar refractivity (Wildman–Crippen MR) is 258 cm³/mol. The van der Waals surface area contributed by atoms with Crippen molar-refractivity contribution in [3.05, 3.63) is 97.2 Å². The number of allylic oxidation sites excluding steroid dienone is 16. The van der Waals surface area contributed by atoms with E-state index in [2.05, 4.69) is 80.7 Å². The van der Waals surface area contributed by atoms with E-state index < -0.39 is 75.7 Å². The molecule has 8 atom stereocenters. The molecule has 1 aliphatic carbocycles. The smallest absolute Gasteiger partial charge is 0.462 e. The lowest BCUT2D eigenvalue weighted by Crippen LogP contribution is -2.64. The van der Waals surface area contributed by atoms with E-state index in [0.29, 0.717) is 25.7 Å². The van der Waals surface area contributed by atoms with Gasteiger partial charge in [-0.15, -0.1) is 0 Å². The largest absolute Gasteiger partial charge is 0.472 e. The van der Waals surface area contributed by atoms with Crippen molar-refractivity contribution in [2.75, 3.05) is 13.2 Å². The molecule has 1 saturated carbocycles. The summed E-state index contributed by atoms with van der Waals surface area (Å²) in [5, 5.41) is 50.2. The molecule has 0 radical (unpaired) electrons. The molecule has 0 bridgehead atoms. The molecule has 0 aromatic heterocycles. The predicted octanol–water partition coefficient (Wildman–Crippen LogP) is 9.83. The number of hydrogen-bond acceptors (Lipinski definition) is 12. The summed E-state index contributed by atoms with van der Waals surface area (Å²) < 4.78 is 33.4. The molecule has 65 heavy (non-hydrogen) atoms. The van der Waals surface area contributed by atoms with Gasteiger partial charge in [0.25, 0.3) is 0 Å². The van der Waals surface area contributed by atoms with Crippen molar-refractivity contribution < 1.29 is 63.1 Å². The molecule has 14 heteroatoms. The van der Waals surface area contributed by atoms with Gasteiger partial charge < -0.3 is 39.9 Å². The van der Waals surface area contributed by atoms with E-state index in [1.54, 1.807) is 0 Å². The number of phosphoric acid groups is 1. The fourth-order valence-electron chi connectivity index (χ4n) is 6.59. The molecule has 6 unspecified atom stereocenters. The summed E-state index contributed by atoms with van der Waals surface area (Å²) in [7, 11) is -5.15. The standard InChI is InChI=1S/C51H83O13P/c1-3-5-7-9-11-13-15-17-19-21-22-24-25-27-29-31-33-35-37-39-44(52)61-41-43(42-62-65(59,60)64-51-49(57)47(55)46(54)48(56)50(51)58)63-45(53)40-38-36-34-32-30-28-26-23-20-18-16-14-12-10-8-6-4-2/h5,7,11,13,17,19,22,24,26-29,32-35,43,46-51,54-58H,3-4,6,8-10,12,14-16,18,20-21,23,25,30-31,36-42H2,1-2H3,(H,59,60)/b7-5+,13-11+,19-17+,24-22+,28-26+,29-27+,34-32+,35-33+/t43-,46?,47-,48?,49?,50?,51?/m0/s1. The van der Waals surface area contributed by atoms with E-state index >= 15 is 0 Å². The first-order chi connectivity index (χ1) is 31.4. The molecule has 0 aliphatic heterocycles. The number of aliphatic hydroxyl groups excluding tert-OH is 5. The van der Waals surface area contributed by atoms with Gasteiger partial charge in [-0.3, -0.25) is 18.6 Å². The summed E-state index contributed by atoms with van der Waals surface area (Å²) in [6.45, 7) is 3.08. The molecule has 6 N–H and O–H groups in total. The minimum Gasteiger partial charge on any atom is -0.462 e. The van der Waals surface area contributed by atoms with Gasteiger partial charge in [0.2, 0.25) is 0 Å². The van der Waals surface area contributed by atoms with Crippen LogP contribution in [0.3, 0.4) is 0 Å². The van der Waals surface area contributed by atoms with Crippen LogP contribution in [0.15, 0.2) is 97.2 Å². The van der Waals surface area contributed by atoms with E-state index in [1.165, 1.54) is 57.8 Å². The van der Waals surface area contributed by atoms with Gasteiger partial charge in [-0.25, -0.2) is 4.57 Å². The summed E-state index contributed by atoms with van der Waals surface area (Å²) in [6, 6.07) is 0. The molecule has 1 aliphatic rings. The Balaban J connectivity index is 2.53. The number of unbranched alkanes of at least 4 members (excludes halogenated alkanes) is 10. The van der Waals surface area contributed by atoms with Gasteiger partial charge in [0.1, 0.15) is 43.2 Å². The number of esters is 2. The third-order valence-electron chi connectivity index (χ3n) is 10.4. The maximum atomic E-state index is 12.8. The molecular weight excluding hydrogens is 852 g/mol. The molecule has 1 fully saturated rings. The second-order valence-corrected chi connectivity index (χ2v) is 17.6. The minimum atomic E-state index is -5.15. The van der Waals surface area contributed by atoms with Crippen molar-refractivity contribution in [2.45, 2.75) is 198 Å². The zero-order valence-electron chi connectivity index (χ0n) is 39.2. The summed E-state index contributed by atoms with van der Waals surface area (Å²) in [6.07, 6.45) is 40.5. The molecule has 370 valence electrons. The van der Waals surface area contributed by atoms with E-state index in [1.807, 2.05) is 30.4 Å². The zero-order chi connectivity index (χ0) is 47.8. The zero-order valence-corrected chi connectivity index (χ0v) is 40.1. The summed E-state index contributed by atoms with van der Waals surface area (Å²) >= 11 is 0. The Labute approximate surface area is 390 Å². The number of aliphatic hydroxyl groups is 5. The average Bonchev–Trinajstić information content (AvgIpc) is 3.29. The first-order valence-corrected chi connectivity index (χ1v) is 25.5. The molecule has 1 rings (SSSR count). The fraction of sp³-hybridized carbons (Fsp3) is 0.647. The first kappa shape index (κ1) is 59.8. The monoisotopic (exact) mass is 935 g/mol. The second kappa shape index (κ2) is 39.9. The Morgan fingerprint density at radius 3 is 1.40 bits per heavy atom. The van der Waals surface area contributed by atoms with Crippen LogP contribution in [-0.2, 0) is 32.7 Å². The Hall–Kier alpha value is -3.23. The molecule has 13 nitrogen and oxygen atoms in total. The van der Waals surface area contributed by atoms with E-state index in [4.69, 9.17) is 18.5 Å². The third kappa shape index (κ3) is 32.2. The lowest BCUT2D eigenvalue weighted by Gasteiger charge is -2.41. The van der Waals surface area contributed by atoms with Crippen LogP contribution >= 0.6 is 7.82 Å². The Morgan fingerprint density at radius 2 is 0.908 bits per heavy atom. The van der Waals surface area contributed by atoms with Gasteiger partial charge >= 0.3 is 19.8 Å². The van der Waals surface area contributed by atoms with Crippen molar-refractivity contribution >= 4 is 19.8 Å². The number of phosphoric ester groups is 1. The number of carbonyl (C=O) groups excluding carboxylic acids is 2. The quantitative estimate of drug-likeness (QED) is 0.0148. The van der Waals surface area contributed by atoms with Crippen LogP contribution in [-0.4, -0.2) is 98.3 Å². The van der Waals surface area contributed by atoms with Crippen LogP contribution in [0, 0.1) is 0 Å². The molecule has 0 spiro atoms. The summed E-state index contributed by atoms with van der Waals surface area (Å²) in [4.78, 5) is 35.7. The lowest BCUT2D eigenvalue weighted by molar-refractivity contribution is -0.220. The maximum absolute atomic E-state index is 12.8. The minimum absolute atomic E-state index is 0.0117. The van der Waals surface area contributed by atoms with E-state index in [9.17, 15) is 44.6 Å². The SMILES string of the molecule is CC/C=C/C/C=C/C/C=C/C/C=C/C/C=C/C/C=C/CCC(=O)OC[C@@H](COP(=O)(O)OC1C(O)C(O)C(O)[C@H](O)C1O)OC(=O)CCC/C=C/C/C=C/CCCCCCCCCCC. The number of hydrogen-bond donors (Lipinski definition) is 6. The second-order valence-electron chi connectivity index (χ2n) is 16.2. The topological polar surface area (TPSA) is 210 Å². The number of carbonyl (C=O) groups is 2. The van der Waals surface area contributed by atoms with Crippen molar-refractivity contribution in [1.82, 2.24) is 0 Å². The Kier molecular flexibility index (Phi) is 36.7. The van der Waals surface area contributed by atoms with Gasteiger partial charge in [-0.2, -0.15) is 0 Å². The molecule has 0 aromatic carbocycles. The third-order valence-corrected chi connectivity index (χ3v) is 11.4. The lowest BCUT2D eigenvalue weighted by atomic mass is 9.85. The van der Waals surface area contributed by atoms with Gasteiger partial charge in [0, 0.05) is 12.8 Å². The summed E-state index contributed by atoms with van der Waals surface area (Å²) in [5.41, 5.74) is 0. The number of rotatable bonds is 38. The highest BCUT2D eigenvalue weighted by Gasteiger charge is 2.51. The normalized spacial score (nSPS) is 22.3. The Morgan fingerprint density at radius 1 is 0.492 bits per heavy atom. The van der Waals surface area contributed by atoms with Crippen LogP contribution in [0.1, 0.15) is 155 Å². The van der Waals surface area contributed by atoms with Crippen LogP contribution < -0.4 is 0 Å². The summed E-state index contributed by atoms with van der Waals surface area (Å²) in [5.74, 6) is -1.26. The van der Waals surface area contributed by atoms with Crippen LogP contribution in [0.4, 0.5) is 0 Å². The van der Waals surface area contributed by atoms with Crippen molar-refractivity contribution in [2.24, 2.45) is 0 Å². The molecule has 0 amide bonds. The number of ether oxygens (including phenoxy) is 2. The van der Waals surface area contributed by atoms with E-state index in [-0.39, 0.29) is 12.8 Å². The van der Waals surface area contributed by atoms with Crippen LogP contribution in [0.5, 0.6) is 0 Å². The van der Waals surface area contributed by atoms with E-state index in [0.717, 1.165) is 44.9 Å². The van der Waals surface area contributed by atoms with Crippen LogP contribution in [0.2, 0.25) is 0 Å². The van der Waals surface area contributed by atoms with Crippen molar-refractivity contribution in [3.8, 4) is 0 Å². The molecule has 0 aromatic rings. The van der Waals surface area contributed by atoms with Gasteiger partial charge in [0.15, 0.2) is 6.10 Å². The van der Waals surface area contributed by atoms with Gasteiger partial charge in [0.05, 0.1) is 6.61 Å². The van der Waals surface area contributed by atoms with Crippen molar-refractivity contribution in [3.63, 3.8) is 0 Å².